The molecule has 1 atom stereocenters. The molecule has 138 valence electrons. The molecule has 10 nitrogen and oxygen atoms in total. The van der Waals surface area contributed by atoms with Crippen molar-refractivity contribution in [2.75, 3.05) is 11.1 Å². The van der Waals surface area contributed by atoms with Crippen LogP contribution in [0, 0.1) is 24.0 Å². The summed E-state index contributed by atoms with van der Waals surface area (Å²) in [6, 6.07) is 3.55. The highest BCUT2D eigenvalue weighted by Crippen LogP contribution is 2.23. The number of nitro benzene ring substituents is 1. The van der Waals surface area contributed by atoms with E-state index < -0.39 is 28.6 Å². The molecule has 0 saturated carbocycles. The van der Waals surface area contributed by atoms with Gasteiger partial charge in [-0.3, -0.25) is 19.6 Å². The van der Waals surface area contributed by atoms with Crippen LogP contribution in [0.1, 0.15) is 28.7 Å². The van der Waals surface area contributed by atoms with Gasteiger partial charge in [-0.25, -0.2) is 4.79 Å². The van der Waals surface area contributed by atoms with E-state index in [-0.39, 0.29) is 11.3 Å². The Morgan fingerprint density at radius 3 is 2.58 bits per heavy atom. The summed E-state index contributed by atoms with van der Waals surface area (Å²) < 4.78 is 6.71. The summed E-state index contributed by atoms with van der Waals surface area (Å²) in [7, 11) is 1.75. The number of esters is 1. The summed E-state index contributed by atoms with van der Waals surface area (Å²) in [6.45, 7) is 4.94. The van der Waals surface area contributed by atoms with Gasteiger partial charge < -0.3 is 15.8 Å². The Hall–Kier alpha value is -3.43. The number of anilines is 2. The van der Waals surface area contributed by atoms with Crippen LogP contribution in [0.4, 0.5) is 17.1 Å². The van der Waals surface area contributed by atoms with Crippen molar-refractivity contribution in [1.29, 1.82) is 0 Å². The summed E-state index contributed by atoms with van der Waals surface area (Å²) in [5.74, 6) is -1.40. The molecule has 0 aliphatic rings. The number of nitrogen functional groups attached to an aromatic ring is 1. The van der Waals surface area contributed by atoms with E-state index in [9.17, 15) is 19.7 Å². The van der Waals surface area contributed by atoms with Crippen molar-refractivity contribution in [3.63, 3.8) is 0 Å². The SMILES string of the molecule is Cc1nn(C)c(C)c1NC(=O)[C@@H](C)OC(=O)c1ccc(N)c([N+](=O)[O-])c1. The first-order valence-electron chi connectivity index (χ1n) is 7.67. The fraction of sp³-hybridized carbons (Fsp3) is 0.312. The summed E-state index contributed by atoms with van der Waals surface area (Å²) in [5.41, 5.74) is 6.88. The van der Waals surface area contributed by atoms with Crippen molar-refractivity contribution in [1.82, 2.24) is 9.78 Å². The maximum Gasteiger partial charge on any atom is 0.339 e. The molecule has 0 bridgehead atoms. The van der Waals surface area contributed by atoms with Crippen LogP contribution in [0.15, 0.2) is 18.2 Å². The van der Waals surface area contributed by atoms with Gasteiger partial charge in [0.15, 0.2) is 6.10 Å². The Labute approximate surface area is 149 Å². The second-order valence-corrected chi connectivity index (χ2v) is 5.74. The van der Waals surface area contributed by atoms with E-state index in [2.05, 4.69) is 10.4 Å². The lowest BCUT2D eigenvalue weighted by Crippen LogP contribution is -2.30. The number of aryl methyl sites for hydroxylation is 2. The van der Waals surface area contributed by atoms with Crippen LogP contribution in [0.25, 0.3) is 0 Å². The highest BCUT2D eigenvalue weighted by Gasteiger charge is 2.23. The van der Waals surface area contributed by atoms with Gasteiger partial charge in [0.2, 0.25) is 0 Å². The number of carbonyl (C=O) groups is 2. The summed E-state index contributed by atoms with van der Waals surface area (Å²) in [5, 5.41) is 17.7. The number of hydrogen-bond donors (Lipinski definition) is 2. The third kappa shape index (κ3) is 3.79. The number of hydrogen-bond acceptors (Lipinski definition) is 7. The van der Waals surface area contributed by atoms with Gasteiger partial charge in [-0.1, -0.05) is 0 Å². The molecule has 1 heterocycles. The largest absolute Gasteiger partial charge is 0.449 e. The van der Waals surface area contributed by atoms with E-state index in [4.69, 9.17) is 10.5 Å². The van der Waals surface area contributed by atoms with Crippen LogP contribution in [0.5, 0.6) is 0 Å². The molecule has 1 aromatic heterocycles. The van der Waals surface area contributed by atoms with E-state index in [1.807, 2.05) is 0 Å². The van der Waals surface area contributed by atoms with Gasteiger partial charge in [0.1, 0.15) is 5.69 Å². The van der Waals surface area contributed by atoms with Crippen molar-refractivity contribution in [2.24, 2.45) is 7.05 Å². The molecular weight excluding hydrogens is 342 g/mol. The minimum atomic E-state index is -1.11. The zero-order valence-electron chi connectivity index (χ0n) is 14.8. The molecule has 1 amide bonds. The van der Waals surface area contributed by atoms with Crippen LogP contribution in [-0.2, 0) is 16.6 Å². The van der Waals surface area contributed by atoms with Crippen LogP contribution >= 0.6 is 0 Å². The molecule has 2 aromatic rings. The molecule has 3 N–H and O–H groups in total. The number of rotatable bonds is 5. The second kappa shape index (κ2) is 7.21. The van der Waals surface area contributed by atoms with Crippen molar-refractivity contribution in [3.8, 4) is 0 Å². The molecule has 0 radical (unpaired) electrons. The Balaban J connectivity index is 2.10. The molecule has 0 unspecified atom stereocenters. The molecule has 0 fully saturated rings. The van der Waals surface area contributed by atoms with Gasteiger partial charge in [0.05, 0.1) is 27.6 Å². The number of ether oxygens (including phenoxy) is 1. The van der Waals surface area contributed by atoms with Crippen LogP contribution < -0.4 is 11.1 Å². The number of nitrogens with one attached hydrogen (secondary N) is 1. The molecule has 1 aromatic carbocycles. The number of aromatic nitrogens is 2. The van der Waals surface area contributed by atoms with Gasteiger partial charge in [0.25, 0.3) is 11.6 Å². The average molecular weight is 361 g/mol. The first-order valence-corrected chi connectivity index (χ1v) is 7.67. The molecular formula is C16H19N5O5. The molecule has 0 aliphatic heterocycles. The summed E-state index contributed by atoms with van der Waals surface area (Å²) in [6.07, 6.45) is -1.11. The monoisotopic (exact) mass is 361 g/mol. The molecule has 2 rings (SSSR count). The van der Waals surface area contributed by atoms with Crippen molar-refractivity contribution < 1.29 is 19.2 Å². The number of carbonyl (C=O) groups excluding carboxylic acids is 2. The van der Waals surface area contributed by atoms with Crippen molar-refractivity contribution >= 4 is 28.9 Å². The van der Waals surface area contributed by atoms with E-state index in [1.54, 1.807) is 25.6 Å². The lowest BCUT2D eigenvalue weighted by molar-refractivity contribution is -0.383. The van der Waals surface area contributed by atoms with Gasteiger partial charge in [-0.15, -0.1) is 0 Å². The quantitative estimate of drug-likeness (QED) is 0.357. The zero-order valence-corrected chi connectivity index (χ0v) is 14.8. The van der Waals surface area contributed by atoms with Crippen molar-refractivity contribution in [2.45, 2.75) is 26.9 Å². The number of nitro groups is 1. The minimum Gasteiger partial charge on any atom is -0.449 e. The highest BCUT2D eigenvalue weighted by atomic mass is 16.6. The van der Waals surface area contributed by atoms with Crippen LogP contribution in [0.3, 0.4) is 0 Å². The molecule has 0 saturated heterocycles. The zero-order chi connectivity index (χ0) is 19.6. The number of nitrogens with zero attached hydrogens (tertiary/aromatic N) is 3. The fourth-order valence-electron chi connectivity index (χ4n) is 2.29. The van der Waals surface area contributed by atoms with E-state index in [0.717, 1.165) is 11.8 Å². The normalized spacial score (nSPS) is 11.7. The number of nitrogens with two attached hydrogens (primary N) is 1. The summed E-state index contributed by atoms with van der Waals surface area (Å²) in [4.78, 5) is 34.6. The van der Waals surface area contributed by atoms with Gasteiger partial charge in [0, 0.05) is 13.1 Å². The second-order valence-electron chi connectivity index (χ2n) is 5.74. The van der Waals surface area contributed by atoms with E-state index >= 15 is 0 Å². The third-order valence-corrected chi connectivity index (χ3v) is 3.87. The van der Waals surface area contributed by atoms with Gasteiger partial charge >= 0.3 is 5.97 Å². The summed E-state index contributed by atoms with van der Waals surface area (Å²) >= 11 is 0. The van der Waals surface area contributed by atoms with E-state index in [1.165, 1.54) is 19.1 Å². The number of benzene rings is 1. The van der Waals surface area contributed by atoms with Gasteiger partial charge in [-0.2, -0.15) is 5.10 Å². The van der Waals surface area contributed by atoms with Crippen LogP contribution in [0.2, 0.25) is 0 Å². The van der Waals surface area contributed by atoms with E-state index in [0.29, 0.717) is 11.4 Å². The molecule has 0 spiro atoms. The Morgan fingerprint density at radius 1 is 1.38 bits per heavy atom. The Bertz CT molecular complexity index is 889. The third-order valence-electron chi connectivity index (χ3n) is 3.87. The molecule has 0 aliphatic carbocycles. The van der Waals surface area contributed by atoms with Crippen LogP contribution in [-0.4, -0.2) is 32.7 Å². The smallest absolute Gasteiger partial charge is 0.339 e. The Kier molecular flexibility index (Phi) is 5.24. The molecule has 26 heavy (non-hydrogen) atoms. The average Bonchev–Trinajstić information content (AvgIpc) is 2.80. The fourth-order valence-corrected chi connectivity index (χ4v) is 2.29. The van der Waals surface area contributed by atoms with Crippen molar-refractivity contribution in [3.05, 3.63) is 45.3 Å². The highest BCUT2D eigenvalue weighted by molar-refractivity contribution is 5.98. The van der Waals surface area contributed by atoms with Gasteiger partial charge in [-0.05, 0) is 32.9 Å². The lowest BCUT2D eigenvalue weighted by atomic mass is 10.2. The standard InChI is InChI=1S/C16H19N5O5/c1-8-14(9(2)20(4)19-8)18-15(22)10(3)26-16(23)11-5-6-12(17)13(7-11)21(24)25/h5-7,10H,17H2,1-4H3,(H,18,22)/t10-/m1/s1. The Morgan fingerprint density at radius 2 is 2.04 bits per heavy atom. The first-order chi connectivity index (χ1) is 12.1. The predicted octanol–water partition coefficient (Wildman–Crippen LogP) is 1.71. The minimum absolute atomic E-state index is 0.0696. The maximum atomic E-state index is 12.3. The maximum absolute atomic E-state index is 12.3. The molecule has 10 heteroatoms. The topological polar surface area (TPSA) is 142 Å². The lowest BCUT2D eigenvalue weighted by Gasteiger charge is -2.14. The number of amides is 1. The predicted molar refractivity (Wildman–Crippen MR) is 93.7 cm³/mol. The first kappa shape index (κ1) is 18.9.